The third-order valence-electron chi connectivity index (χ3n) is 2.93. The fraction of sp³-hybridized carbons (Fsp3) is 0.333. The van der Waals surface area contributed by atoms with Gasteiger partial charge in [-0.15, -0.1) is 11.3 Å². The SMILES string of the molecule is COCCNC(=O)c1sc(-c2ccc(OC)cc2)nc1C. The summed E-state index contributed by atoms with van der Waals surface area (Å²) in [5.41, 5.74) is 1.71. The first-order valence-corrected chi connectivity index (χ1v) is 7.36. The second kappa shape index (κ2) is 7.19. The normalized spacial score (nSPS) is 10.4. The van der Waals surface area contributed by atoms with Crippen LogP contribution in [-0.2, 0) is 4.74 Å². The van der Waals surface area contributed by atoms with E-state index in [9.17, 15) is 4.79 Å². The number of benzene rings is 1. The van der Waals surface area contributed by atoms with E-state index in [1.165, 1.54) is 11.3 Å². The van der Waals surface area contributed by atoms with Crippen molar-refractivity contribution < 1.29 is 14.3 Å². The summed E-state index contributed by atoms with van der Waals surface area (Å²) in [5, 5.41) is 3.64. The Morgan fingerprint density at radius 2 is 2.00 bits per heavy atom. The van der Waals surface area contributed by atoms with E-state index in [4.69, 9.17) is 9.47 Å². The molecule has 5 nitrogen and oxygen atoms in total. The van der Waals surface area contributed by atoms with Gasteiger partial charge in [-0.2, -0.15) is 0 Å². The number of nitrogens with zero attached hydrogens (tertiary/aromatic N) is 1. The third-order valence-corrected chi connectivity index (χ3v) is 4.14. The molecule has 1 N–H and O–H groups in total. The molecule has 1 heterocycles. The van der Waals surface area contributed by atoms with Gasteiger partial charge in [0.15, 0.2) is 0 Å². The first-order chi connectivity index (χ1) is 10.2. The highest BCUT2D eigenvalue weighted by atomic mass is 32.1. The predicted molar refractivity (Wildman–Crippen MR) is 83.0 cm³/mol. The second-order valence-corrected chi connectivity index (χ2v) is 5.41. The minimum atomic E-state index is -0.109. The molecule has 0 saturated carbocycles. The molecule has 0 aliphatic rings. The number of methoxy groups -OCH3 is 2. The fourth-order valence-corrected chi connectivity index (χ4v) is 2.80. The number of aryl methyl sites for hydroxylation is 1. The van der Waals surface area contributed by atoms with Crippen LogP contribution >= 0.6 is 11.3 Å². The molecule has 0 aliphatic heterocycles. The summed E-state index contributed by atoms with van der Waals surface area (Å²) in [6.45, 7) is 2.83. The zero-order valence-corrected chi connectivity index (χ0v) is 13.1. The van der Waals surface area contributed by atoms with E-state index in [1.54, 1.807) is 14.2 Å². The number of ether oxygens (including phenoxy) is 2. The number of carbonyl (C=O) groups is 1. The Labute approximate surface area is 127 Å². The first-order valence-electron chi connectivity index (χ1n) is 6.54. The molecule has 0 unspecified atom stereocenters. The van der Waals surface area contributed by atoms with E-state index in [0.29, 0.717) is 18.0 Å². The fourth-order valence-electron chi connectivity index (χ4n) is 1.81. The van der Waals surface area contributed by atoms with Crippen molar-refractivity contribution in [3.05, 3.63) is 34.8 Å². The van der Waals surface area contributed by atoms with Gasteiger partial charge in [-0.3, -0.25) is 4.79 Å². The van der Waals surface area contributed by atoms with Crippen LogP contribution in [0.3, 0.4) is 0 Å². The van der Waals surface area contributed by atoms with Crippen molar-refractivity contribution in [2.24, 2.45) is 0 Å². The number of carbonyl (C=O) groups excluding carboxylic acids is 1. The lowest BCUT2D eigenvalue weighted by atomic mass is 10.2. The zero-order chi connectivity index (χ0) is 15.2. The number of amides is 1. The van der Waals surface area contributed by atoms with Crippen LogP contribution in [0.1, 0.15) is 15.4 Å². The van der Waals surface area contributed by atoms with Crippen molar-refractivity contribution in [2.45, 2.75) is 6.92 Å². The Kier molecular flexibility index (Phi) is 5.30. The molecule has 1 aromatic heterocycles. The summed E-state index contributed by atoms with van der Waals surface area (Å²) in [5.74, 6) is 0.686. The number of thiazole rings is 1. The minimum Gasteiger partial charge on any atom is -0.497 e. The van der Waals surface area contributed by atoms with Crippen molar-refractivity contribution in [2.75, 3.05) is 27.4 Å². The molecule has 6 heteroatoms. The predicted octanol–water partition coefficient (Wildman–Crippen LogP) is 2.50. The molecule has 2 aromatic rings. The Morgan fingerprint density at radius 1 is 1.29 bits per heavy atom. The highest BCUT2D eigenvalue weighted by Crippen LogP contribution is 2.29. The zero-order valence-electron chi connectivity index (χ0n) is 12.3. The summed E-state index contributed by atoms with van der Waals surface area (Å²) in [4.78, 5) is 17.2. The third kappa shape index (κ3) is 3.80. The van der Waals surface area contributed by atoms with Gasteiger partial charge in [-0.25, -0.2) is 4.98 Å². The summed E-state index contributed by atoms with van der Waals surface area (Å²) in [6.07, 6.45) is 0. The van der Waals surface area contributed by atoms with Crippen LogP contribution in [0.5, 0.6) is 5.75 Å². The molecule has 0 saturated heterocycles. The van der Waals surface area contributed by atoms with E-state index >= 15 is 0 Å². The Bertz CT molecular complexity index is 608. The van der Waals surface area contributed by atoms with Gasteiger partial charge in [-0.05, 0) is 31.2 Å². The molecule has 1 amide bonds. The Hall–Kier alpha value is -1.92. The average molecular weight is 306 g/mol. The molecular formula is C15H18N2O3S. The van der Waals surface area contributed by atoms with E-state index < -0.39 is 0 Å². The molecule has 21 heavy (non-hydrogen) atoms. The monoisotopic (exact) mass is 306 g/mol. The van der Waals surface area contributed by atoms with E-state index in [2.05, 4.69) is 10.3 Å². The van der Waals surface area contributed by atoms with Crippen molar-refractivity contribution in [1.82, 2.24) is 10.3 Å². The highest BCUT2D eigenvalue weighted by molar-refractivity contribution is 7.17. The van der Waals surface area contributed by atoms with Crippen LogP contribution in [0, 0.1) is 6.92 Å². The molecule has 0 spiro atoms. The molecule has 0 aliphatic carbocycles. The Balaban J connectivity index is 2.15. The van der Waals surface area contributed by atoms with E-state index in [-0.39, 0.29) is 5.91 Å². The van der Waals surface area contributed by atoms with E-state index in [0.717, 1.165) is 22.0 Å². The number of hydrogen-bond donors (Lipinski definition) is 1. The van der Waals surface area contributed by atoms with Gasteiger partial charge in [0, 0.05) is 19.2 Å². The maximum absolute atomic E-state index is 12.1. The molecule has 0 bridgehead atoms. The van der Waals surface area contributed by atoms with Gasteiger partial charge in [-0.1, -0.05) is 0 Å². The van der Waals surface area contributed by atoms with Gasteiger partial charge in [0.25, 0.3) is 5.91 Å². The quantitative estimate of drug-likeness (QED) is 0.833. The lowest BCUT2D eigenvalue weighted by molar-refractivity contribution is 0.0940. The Morgan fingerprint density at radius 3 is 2.62 bits per heavy atom. The van der Waals surface area contributed by atoms with Crippen LogP contribution in [0.2, 0.25) is 0 Å². The van der Waals surface area contributed by atoms with Crippen LogP contribution in [0.25, 0.3) is 10.6 Å². The standard InChI is InChI=1S/C15H18N2O3S/c1-10-13(14(18)16-8-9-19-2)21-15(17-10)11-4-6-12(20-3)7-5-11/h4-7H,8-9H2,1-3H3,(H,16,18). The van der Waals surface area contributed by atoms with Gasteiger partial charge in [0.1, 0.15) is 15.6 Å². The molecule has 1 aromatic carbocycles. The molecule has 0 fully saturated rings. The number of rotatable bonds is 6. The topological polar surface area (TPSA) is 60.5 Å². The summed E-state index contributed by atoms with van der Waals surface area (Å²) in [6, 6.07) is 7.63. The van der Waals surface area contributed by atoms with Gasteiger partial charge >= 0.3 is 0 Å². The second-order valence-electron chi connectivity index (χ2n) is 4.41. The van der Waals surface area contributed by atoms with Crippen molar-refractivity contribution >= 4 is 17.2 Å². The van der Waals surface area contributed by atoms with Crippen molar-refractivity contribution in [1.29, 1.82) is 0 Å². The highest BCUT2D eigenvalue weighted by Gasteiger charge is 2.15. The largest absolute Gasteiger partial charge is 0.497 e. The molecule has 112 valence electrons. The smallest absolute Gasteiger partial charge is 0.263 e. The van der Waals surface area contributed by atoms with Gasteiger partial charge in [0.2, 0.25) is 0 Å². The van der Waals surface area contributed by atoms with Crippen molar-refractivity contribution in [3.8, 4) is 16.3 Å². The van der Waals surface area contributed by atoms with E-state index in [1.807, 2.05) is 31.2 Å². The van der Waals surface area contributed by atoms with Crippen molar-refractivity contribution in [3.63, 3.8) is 0 Å². The number of hydrogen-bond acceptors (Lipinski definition) is 5. The maximum Gasteiger partial charge on any atom is 0.263 e. The molecule has 2 rings (SSSR count). The van der Waals surface area contributed by atoms with Crippen LogP contribution in [0.4, 0.5) is 0 Å². The molecular weight excluding hydrogens is 288 g/mol. The van der Waals surface area contributed by atoms with Crippen LogP contribution in [-0.4, -0.2) is 38.3 Å². The number of aromatic nitrogens is 1. The summed E-state index contributed by atoms with van der Waals surface area (Å²) in [7, 11) is 3.23. The average Bonchev–Trinajstić information content (AvgIpc) is 2.89. The lowest BCUT2D eigenvalue weighted by Gasteiger charge is -2.02. The maximum atomic E-state index is 12.1. The number of nitrogens with one attached hydrogen (secondary N) is 1. The molecule has 0 atom stereocenters. The minimum absolute atomic E-state index is 0.109. The molecule has 0 radical (unpaired) electrons. The first kappa shape index (κ1) is 15.5. The van der Waals surface area contributed by atoms with Crippen LogP contribution < -0.4 is 10.1 Å². The van der Waals surface area contributed by atoms with Gasteiger partial charge < -0.3 is 14.8 Å². The lowest BCUT2D eigenvalue weighted by Crippen LogP contribution is -2.26. The van der Waals surface area contributed by atoms with Gasteiger partial charge in [0.05, 0.1) is 19.4 Å². The van der Waals surface area contributed by atoms with Crippen LogP contribution in [0.15, 0.2) is 24.3 Å². The summed E-state index contributed by atoms with van der Waals surface area (Å²) < 4.78 is 10.1. The summed E-state index contributed by atoms with van der Waals surface area (Å²) >= 11 is 1.39.